The number of hydrogen-bond acceptors (Lipinski definition) is 5. The Morgan fingerprint density at radius 1 is 1.45 bits per heavy atom. The third kappa shape index (κ3) is 2.69. The maximum absolute atomic E-state index is 12.0. The van der Waals surface area contributed by atoms with E-state index in [1.54, 1.807) is 12.5 Å². The van der Waals surface area contributed by atoms with Crippen molar-refractivity contribution in [2.24, 2.45) is 5.41 Å². The second kappa shape index (κ2) is 5.34. The number of rotatable bonds is 4. The lowest BCUT2D eigenvalue weighted by Crippen LogP contribution is -2.36. The maximum atomic E-state index is 12.0. The minimum atomic E-state index is -0.607. The second-order valence-electron chi connectivity index (χ2n) is 6.50. The summed E-state index contributed by atoms with van der Waals surface area (Å²) in [7, 11) is 0. The Kier molecular flexibility index (Phi) is 3.62. The van der Waals surface area contributed by atoms with E-state index in [-0.39, 0.29) is 5.97 Å². The van der Waals surface area contributed by atoms with Crippen LogP contribution in [0.5, 0.6) is 0 Å². The first-order valence-corrected chi connectivity index (χ1v) is 7.67. The molecule has 1 aromatic heterocycles. The van der Waals surface area contributed by atoms with Crippen LogP contribution >= 0.6 is 0 Å². The Labute approximate surface area is 130 Å². The molecule has 0 amide bonds. The molecule has 1 spiro atoms. The lowest BCUT2D eigenvalue weighted by Gasteiger charge is -2.30. The zero-order chi connectivity index (χ0) is 15.8. The largest absolute Gasteiger partial charge is 0.466 e. The van der Waals surface area contributed by atoms with Crippen molar-refractivity contribution in [1.29, 1.82) is 0 Å². The molecule has 1 aromatic rings. The molecule has 1 aliphatic heterocycles. The van der Waals surface area contributed by atoms with Gasteiger partial charge in [-0.05, 0) is 27.2 Å². The molecular weight excluding hydrogens is 284 g/mol. The van der Waals surface area contributed by atoms with Crippen molar-refractivity contribution in [2.45, 2.75) is 52.4 Å². The Hall–Kier alpha value is -1.98. The predicted molar refractivity (Wildman–Crippen MR) is 78.7 cm³/mol. The average molecular weight is 306 g/mol. The quantitative estimate of drug-likeness (QED) is 0.798. The molecule has 6 nitrogen and oxygen atoms in total. The van der Waals surface area contributed by atoms with Crippen molar-refractivity contribution in [1.82, 2.24) is 9.78 Å². The van der Waals surface area contributed by atoms with Gasteiger partial charge in [0.05, 0.1) is 30.7 Å². The molecule has 0 bridgehead atoms. The van der Waals surface area contributed by atoms with Crippen LogP contribution < -0.4 is 0 Å². The van der Waals surface area contributed by atoms with Crippen molar-refractivity contribution in [3.05, 3.63) is 30.0 Å². The van der Waals surface area contributed by atoms with Crippen molar-refractivity contribution >= 4 is 5.97 Å². The van der Waals surface area contributed by atoms with Crippen LogP contribution in [-0.4, -0.2) is 28.1 Å². The molecule has 6 heteroatoms. The summed E-state index contributed by atoms with van der Waals surface area (Å²) in [5.74, 6) is -0.760. The van der Waals surface area contributed by atoms with Gasteiger partial charge in [-0.1, -0.05) is 0 Å². The van der Waals surface area contributed by atoms with Gasteiger partial charge in [-0.25, -0.2) is 0 Å². The van der Waals surface area contributed by atoms with Gasteiger partial charge in [-0.15, -0.1) is 0 Å². The SMILES string of the molecule is CCOC(=O)C(C)(C)Cn1cc2c(n1)CCC1(C2)OC=CO1. The summed E-state index contributed by atoms with van der Waals surface area (Å²) in [6, 6.07) is 0. The van der Waals surface area contributed by atoms with Crippen LogP contribution in [-0.2, 0) is 38.4 Å². The van der Waals surface area contributed by atoms with E-state index in [1.165, 1.54) is 0 Å². The molecule has 0 N–H and O–H groups in total. The minimum absolute atomic E-state index is 0.202. The first kappa shape index (κ1) is 14.9. The van der Waals surface area contributed by atoms with Crippen LogP contribution in [0.3, 0.4) is 0 Å². The number of ether oxygens (including phenoxy) is 3. The highest BCUT2D eigenvalue weighted by molar-refractivity contribution is 5.75. The van der Waals surface area contributed by atoms with Crippen LogP contribution in [0.1, 0.15) is 38.4 Å². The second-order valence-corrected chi connectivity index (χ2v) is 6.50. The molecule has 2 aliphatic rings. The zero-order valence-electron chi connectivity index (χ0n) is 13.3. The van der Waals surface area contributed by atoms with E-state index in [4.69, 9.17) is 14.2 Å². The number of aromatic nitrogens is 2. The highest BCUT2D eigenvalue weighted by atomic mass is 16.7. The number of carbonyl (C=O) groups is 1. The topological polar surface area (TPSA) is 62.6 Å². The first-order valence-electron chi connectivity index (χ1n) is 7.67. The maximum Gasteiger partial charge on any atom is 0.313 e. The van der Waals surface area contributed by atoms with Crippen molar-refractivity contribution in [2.75, 3.05) is 6.61 Å². The smallest absolute Gasteiger partial charge is 0.313 e. The molecule has 0 unspecified atom stereocenters. The summed E-state index contributed by atoms with van der Waals surface area (Å²) in [6.07, 6.45) is 7.45. The van der Waals surface area contributed by atoms with Crippen molar-refractivity contribution in [3.63, 3.8) is 0 Å². The van der Waals surface area contributed by atoms with Crippen molar-refractivity contribution < 1.29 is 19.0 Å². The summed E-state index contributed by atoms with van der Waals surface area (Å²) in [5, 5.41) is 4.61. The molecule has 0 radical (unpaired) electrons. The highest BCUT2D eigenvalue weighted by Gasteiger charge is 2.41. The number of fused-ring (bicyclic) bond motifs is 1. The number of aryl methyl sites for hydroxylation is 1. The number of esters is 1. The molecule has 0 saturated carbocycles. The van der Waals surface area contributed by atoms with Crippen LogP contribution in [0.2, 0.25) is 0 Å². The summed E-state index contributed by atoms with van der Waals surface area (Å²) >= 11 is 0. The third-order valence-electron chi connectivity index (χ3n) is 4.13. The standard InChI is InChI=1S/C16H22N2O4/c1-4-20-14(19)15(2,3)11-18-10-12-9-16(21-7-8-22-16)6-5-13(12)17-18/h7-8,10H,4-6,9,11H2,1-3H3. The Morgan fingerprint density at radius 2 is 2.18 bits per heavy atom. The van der Waals surface area contributed by atoms with Gasteiger partial charge < -0.3 is 14.2 Å². The zero-order valence-corrected chi connectivity index (χ0v) is 13.3. The van der Waals surface area contributed by atoms with E-state index in [0.29, 0.717) is 19.6 Å². The van der Waals surface area contributed by atoms with E-state index in [9.17, 15) is 4.79 Å². The van der Waals surface area contributed by atoms with Gasteiger partial charge in [-0.3, -0.25) is 9.48 Å². The van der Waals surface area contributed by atoms with Gasteiger partial charge >= 0.3 is 5.97 Å². The molecule has 0 fully saturated rings. The fourth-order valence-electron chi connectivity index (χ4n) is 2.96. The average Bonchev–Trinajstić information content (AvgIpc) is 3.05. The normalized spacial score (nSPS) is 18.7. The molecule has 0 atom stereocenters. The summed E-state index contributed by atoms with van der Waals surface area (Å²) in [4.78, 5) is 12.0. The molecule has 22 heavy (non-hydrogen) atoms. The number of hydrogen-bond donors (Lipinski definition) is 0. The number of carbonyl (C=O) groups excluding carboxylic acids is 1. The van der Waals surface area contributed by atoms with Gasteiger partial charge in [0.15, 0.2) is 0 Å². The van der Waals surface area contributed by atoms with Gasteiger partial charge in [0.2, 0.25) is 0 Å². The van der Waals surface area contributed by atoms with E-state index < -0.39 is 11.2 Å². The molecule has 0 aromatic carbocycles. The summed E-state index contributed by atoms with van der Waals surface area (Å²) < 4.78 is 18.2. The van der Waals surface area contributed by atoms with Crippen LogP contribution in [0.25, 0.3) is 0 Å². The summed E-state index contributed by atoms with van der Waals surface area (Å²) in [5.41, 5.74) is 1.57. The minimum Gasteiger partial charge on any atom is -0.466 e. The lowest BCUT2D eigenvalue weighted by molar-refractivity contribution is -0.154. The number of nitrogens with zero attached hydrogens (tertiary/aromatic N) is 2. The van der Waals surface area contributed by atoms with Crippen LogP contribution in [0, 0.1) is 5.41 Å². The van der Waals surface area contributed by atoms with E-state index in [2.05, 4.69) is 5.10 Å². The monoisotopic (exact) mass is 306 g/mol. The molecular formula is C16H22N2O4. The van der Waals surface area contributed by atoms with Gasteiger partial charge in [0.25, 0.3) is 5.79 Å². The Bertz CT molecular complexity index is 595. The molecule has 2 heterocycles. The van der Waals surface area contributed by atoms with Gasteiger partial charge in [0, 0.05) is 18.2 Å². The first-order chi connectivity index (χ1) is 10.4. The Balaban J connectivity index is 1.73. The molecule has 0 saturated heterocycles. The predicted octanol–water partition coefficient (Wildman–Crippen LogP) is 2.18. The fourth-order valence-corrected chi connectivity index (χ4v) is 2.96. The van der Waals surface area contributed by atoms with Crippen molar-refractivity contribution in [3.8, 4) is 0 Å². The van der Waals surface area contributed by atoms with Gasteiger partial charge in [-0.2, -0.15) is 5.10 Å². The lowest BCUT2D eigenvalue weighted by atomic mass is 9.92. The molecule has 120 valence electrons. The third-order valence-corrected chi connectivity index (χ3v) is 4.13. The fraction of sp³-hybridized carbons (Fsp3) is 0.625. The molecule has 3 rings (SSSR count). The van der Waals surface area contributed by atoms with Gasteiger partial charge in [0.1, 0.15) is 12.5 Å². The van der Waals surface area contributed by atoms with Crippen LogP contribution in [0.15, 0.2) is 18.7 Å². The highest BCUT2D eigenvalue weighted by Crippen LogP contribution is 2.35. The summed E-state index contributed by atoms with van der Waals surface area (Å²) in [6.45, 7) is 6.45. The van der Waals surface area contributed by atoms with Crippen LogP contribution in [0.4, 0.5) is 0 Å². The Morgan fingerprint density at radius 3 is 2.86 bits per heavy atom. The van der Waals surface area contributed by atoms with E-state index in [0.717, 1.165) is 24.1 Å². The molecule has 1 aliphatic carbocycles. The van der Waals surface area contributed by atoms with E-state index in [1.807, 2.05) is 31.6 Å². The van der Waals surface area contributed by atoms with E-state index >= 15 is 0 Å².